The zero-order valence-electron chi connectivity index (χ0n) is 15.0. The Morgan fingerprint density at radius 3 is 2.93 bits per heavy atom. The van der Waals surface area contributed by atoms with Gasteiger partial charge in [0.05, 0.1) is 5.52 Å². The fourth-order valence-corrected chi connectivity index (χ4v) is 3.83. The van der Waals surface area contributed by atoms with Crippen molar-refractivity contribution >= 4 is 16.8 Å². The Morgan fingerprint density at radius 2 is 2.07 bits per heavy atom. The van der Waals surface area contributed by atoms with Gasteiger partial charge in [-0.3, -0.25) is 14.5 Å². The lowest BCUT2D eigenvalue weighted by atomic mass is 10.1. The fraction of sp³-hybridized carbons (Fsp3) is 0.474. The highest BCUT2D eigenvalue weighted by Crippen LogP contribution is 2.30. The highest BCUT2D eigenvalue weighted by atomic mass is 16.2. The van der Waals surface area contributed by atoms with Crippen LogP contribution in [0.2, 0.25) is 0 Å². The molecule has 1 atom stereocenters. The van der Waals surface area contributed by atoms with Gasteiger partial charge in [0.25, 0.3) is 5.91 Å². The van der Waals surface area contributed by atoms with E-state index in [1.54, 1.807) is 9.25 Å². The Hall–Kier alpha value is -2.90. The minimum absolute atomic E-state index is 0.00550. The molecule has 1 saturated carbocycles. The van der Waals surface area contributed by atoms with Crippen LogP contribution in [0.1, 0.15) is 42.0 Å². The number of hydrogen-bond donors (Lipinski definition) is 2. The number of carbonyl (C=O) groups excluding carboxylic acids is 1. The molecule has 8 nitrogen and oxygen atoms in total. The molecule has 1 aromatic carbocycles. The monoisotopic (exact) mass is 366 g/mol. The summed E-state index contributed by atoms with van der Waals surface area (Å²) in [5.74, 6) is 1.28. The van der Waals surface area contributed by atoms with Crippen LogP contribution in [0.25, 0.3) is 10.9 Å². The summed E-state index contributed by atoms with van der Waals surface area (Å²) in [4.78, 5) is 25.2. The number of amides is 1. The molecule has 2 aliphatic rings. The van der Waals surface area contributed by atoms with Crippen LogP contribution in [0.3, 0.4) is 0 Å². The summed E-state index contributed by atoms with van der Waals surface area (Å²) in [5.41, 5.74) is 1.25. The predicted molar refractivity (Wildman–Crippen MR) is 99.5 cm³/mol. The quantitative estimate of drug-likeness (QED) is 0.730. The number of H-pyrrole nitrogens is 1. The zero-order valence-corrected chi connectivity index (χ0v) is 15.0. The molecule has 8 heteroatoms. The van der Waals surface area contributed by atoms with Crippen LogP contribution in [-0.2, 0) is 19.5 Å². The fourth-order valence-electron chi connectivity index (χ4n) is 3.83. The van der Waals surface area contributed by atoms with Gasteiger partial charge in [-0.25, -0.2) is 9.48 Å². The molecule has 3 aromatic rings. The van der Waals surface area contributed by atoms with Crippen molar-refractivity contribution in [2.75, 3.05) is 0 Å². The van der Waals surface area contributed by atoms with E-state index in [0.29, 0.717) is 24.6 Å². The number of benzene rings is 1. The minimum atomic E-state index is -0.178. The summed E-state index contributed by atoms with van der Waals surface area (Å²) >= 11 is 0. The molecule has 0 spiro atoms. The summed E-state index contributed by atoms with van der Waals surface area (Å²) in [5, 5.41) is 15.5. The number of fused-ring (bicyclic) bond motifs is 2. The topological polar surface area (TPSA) is 97.6 Å². The second-order valence-corrected chi connectivity index (χ2v) is 7.59. The van der Waals surface area contributed by atoms with Gasteiger partial charge in [-0.05, 0) is 37.7 Å². The van der Waals surface area contributed by atoms with Crippen LogP contribution in [0.5, 0.6) is 0 Å². The van der Waals surface area contributed by atoms with E-state index >= 15 is 0 Å². The van der Waals surface area contributed by atoms with Crippen LogP contribution in [0.15, 0.2) is 29.1 Å². The molecule has 0 radical (unpaired) electrons. The molecule has 1 unspecified atom stereocenters. The lowest BCUT2D eigenvalue weighted by Crippen LogP contribution is -2.36. The van der Waals surface area contributed by atoms with E-state index in [-0.39, 0.29) is 17.6 Å². The molecule has 3 heterocycles. The molecule has 27 heavy (non-hydrogen) atoms. The van der Waals surface area contributed by atoms with E-state index in [1.165, 1.54) is 12.8 Å². The first-order valence-corrected chi connectivity index (χ1v) is 9.59. The number of carbonyl (C=O) groups is 1. The zero-order chi connectivity index (χ0) is 18.4. The van der Waals surface area contributed by atoms with Gasteiger partial charge in [-0.1, -0.05) is 18.2 Å². The number of aromatic amines is 1. The van der Waals surface area contributed by atoms with E-state index in [1.807, 2.05) is 24.3 Å². The molecule has 2 N–H and O–H groups in total. The largest absolute Gasteiger partial charge is 0.348 e. The second kappa shape index (κ2) is 6.37. The maximum Gasteiger partial charge on any atom is 0.345 e. The first-order chi connectivity index (χ1) is 13.2. The molecule has 2 aromatic heterocycles. The number of hydrogen-bond acceptors (Lipinski definition) is 4. The molecule has 1 fully saturated rings. The van der Waals surface area contributed by atoms with Crippen molar-refractivity contribution < 1.29 is 4.79 Å². The van der Waals surface area contributed by atoms with Crippen molar-refractivity contribution in [2.24, 2.45) is 5.92 Å². The van der Waals surface area contributed by atoms with Crippen molar-refractivity contribution in [1.82, 2.24) is 29.9 Å². The average molecular weight is 366 g/mol. The van der Waals surface area contributed by atoms with Crippen molar-refractivity contribution in [1.29, 1.82) is 0 Å². The second-order valence-electron chi connectivity index (χ2n) is 7.59. The van der Waals surface area contributed by atoms with Crippen molar-refractivity contribution in [2.45, 2.75) is 51.2 Å². The number of para-hydroxylation sites is 1. The molecular weight excluding hydrogens is 344 g/mol. The standard InChI is InChI=1S/C19H22N6O2/c26-18(17-14-3-1-2-4-15(14)21-22-17)20-13-7-8-16-23-25(11-12-5-6-12)19(27)24(16)10-9-13/h1-4,12-13H,5-11H2,(H,20,26)(H,21,22). The maximum atomic E-state index is 12.7. The van der Waals surface area contributed by atoms with E-state index in [0.717, 1.165) is 36.1 Å². The van der Waals surface area contributed by atoms with E-state index < -0.39 is 0 Å². The third-order valence-electron chi connectivity index (χ3n) is 5.57. The highest BCUT2D eigenvalue weighted by Gasteiger charge is 2.27. The normalized spacial score (nSPS) is 19.6. The lowest BCUT2D eigenvalue weighted by molar-refractivity contribution is 0.0929. The smallest absolute Gasteiger partial charge is 0.345 e. The highest BCUT2D eigenvalue weighted by molar-refractivity contribution is 6.04. The van der Waals surface area contributed by atoms with Gasteiger partial charge in [0.2, 0.25) is 0 Å². The Bertz CT molecular complexity index is 1060. The van der Waals surface area contributed by atoms with E-state index in [4.69, 9.17) is 0 Å². The lowest BCUT2D eigenvalue weighted by Gasteiger charge is -2.15. The van der Waals surface area contributed by atoms with Gasteiger partial charge < -0.3 is 5.32 Å². The number of rotatable bonds is 4. The van der Waals surface area contributed by atoms with Gasteiger partial charge in [0.15, 0.2) is 5.69 Å². The third kappa shape index (κ3) is 3.05. The SMILES string of the molecule is O=C(NC1CCc2nn(CC3CC3)c(=O)n2CC1)c1n[nH]c2ccccc12. The average Bonchev–Trinajstić information content (AvgIpc) is 3.35. The third-order valence-corrected chi connectivity index (χ3v) is 5.57. The summed E-state index contributed by atoms with van der Waals surface area (Å²) in [7, 11) is 0. The summed E-state index contributed by atoms with van der Waals surface area (Å²) < 4.78 is 3.40. The molecule has 0 bridgehead atoms. The molecule has 1 aliphatic carbocycles. The maximum absolute atomic E-state index is 12.7. The minimum Gasteiger partial charge on any atom is -0.348 e. The molecule has 5 rings (SSSR count). The Morgan fingerprint density at radius 1 is 1.22 bits per heavy atom. The number of aryl methyl sites for hydroxylation is 1. The predicted octanol–water partition coefficient (Wildman–Crippen LogP) is 1.47. The summed E-state index contributed by atoms with van der Waals surface area (Å²) in [6.07, 6.45) is 4.58. The molecule has 1 amide bonds. The molecule has 140 valence electrons. The van der Waals surface area contributed by atoms with Crippen LogP contribution in [-0.4, -0.2) is 36.5 Å². The Labute approximate surface area is 155 Å². The van der Waals surface area contributed by atoms with Gasteiger partial charge in [-0.2, -0.15) is 10.2 Å². The van der Waals surface area contributed by atoms with Crippen molar-refractivity contribution in [3.05, 3.63) is 46.3 Å². The first-order valence-electron chi connectivity index (χ1n) is 9.59. The van der Waals surface area contributed by atoms with E-state index in [2.05, 4.69) is 20.6 Å². The Kier molecular flexibility index (Phi) is 3.84. The summed E-state index contributed by atoms with van der Waals surface area (Å²) in [6, 6.07) is 7.59. The van der Waals surface area contributed by atoms with Gasteiger partial charge in [0, 0.05) is 30.9 Å². The molecular formula is C19H22N6O2. The molecule has 0 saturated heterocycles. The number of aromatic nitrogens is 5. The van der Waals surface area contributed by atoms with Crippen LogP contribution >= 0.6 is 0 Å². The van der Waals surface area contributed by atoms with Crippen LogP contribution < -0.4 is 11.0 Å². The Balaban J connectivity index is 1.28. The van der Waals surface area contributed by atoms with Crippen molar-refractivity contribution in [3.8, 4) is 0 Å². The van der Waals surface area contributed by atoms with Gasteiger partial charge in [-0.15, -0.1) is 0 Å². The van der Waals surface area contributed by atoms with Crippen LogP contribution in [0, 0.1) is 5.92 Å². The first kappa shape index (κ1) is 16.3. The van der Waals surface area contributed by atoms with Crippen molar-refractivity contribution in [3.63, 3.8) is 0 Å². The number of nitrogens with zero attached hydrogens (tertiary/aromatic N) is 4. The number of nitrogens with one attached hydrogen (secondary N) is 2. The summed E-state index contributed by atoms with van der Waals surface area (Å²) in [6.45, 7) is 1.33. The van der Waals surface area contributed by atoms with Gasteiger partial charge in [0.1, 0.15) is 5.82 Å². The van der Waals surface area contributed by atoms with Crippen LogP contribution in [0.4, 0.5) is 0 Å². The molecule has 1 aliphatic heterocycles. The van der Waals surface area contributed by atoms with E-state index in [9.17, 15) is 9.59 Å². The van der Waals surface area contributed by atoms with Gasteiger partial charge >= 0.3 is 5.69 Å².